The minimum Gasteiger partial charge on any atom is -0.326 e. The molecule has 1 heterocycles. The molecule has 34 heavy (non-hydrogen) atoms. The van der Waals surface area contributed by atoms with Crippen LogP contribution in [0.4, 0.5) is 14.5 Å². The van der Waals surface area contributed by atoms with Gasteiger partial charge in [-0.25, -0.2) is 17.2 Å². The van der Waals surface area contributed by atoms with Crippen LogP contribution >= 0.6 is 27.7 Å². The van der Waals surface area contributed by atoms with Crippen molar-refractivity contribution in [2.75, 3.05) is 11.6 Å². The number of halogens is 3. The summed E-state index contributed by atoms with van der Waals surface area (Å²) < 4.78 is 57.8. The Morgan fingerprint density at radius 2 is 1.79 bits per heavy atom. The molecule has 0 spiro atoms. The molecule has 0 aliphatic carbocycles. The van der Waals surface area contributed by atoms with Gasteiger partial charge in [-0.15, -0.1) is 11.8 Å². The molecule has 0 bridgehead atoms. The smallest absolute Gasteiger partial charge is 0.242 e. The van der Waals surface area contributed by atoms with Crippen LogP contribution in [-0.4, -0.2) is 20.6 Å². The molecule has 10 heteroatoms. The number of fused-ring (bicyclic) bond motifs is 1. The molecule has 0 aromatic heterocycles. The van der Waals surface area contributed by atoms with E-state index >= 15 is 0 Å². The van der Waals surface area contributed by atoms with Gasteiger partial charge in [-0.1, -0.05) is 18.2 Å². The van der Waals surface area contributed by atoms with Gasteiger partial charge in [0.2, 0.25) is 15.9 Å². The van der Waals surface area contributed by atoms with E-state index in [0.29, 0.717) is 35.0 Å². The fourth-order valence-electron chi connectivity index (χ4n) is 3.84. The maximum absolute atomic E-state index is 14.1. The molecule has 1 aliphatic heterocycles. The van der Waals surface area contributed by atoms with E-state index in [1.165, 1.54) is 23.9 Å². The van der Waals surface area contributed by atoms with E-state index in [2.05, 4.69) is 26.0 Å². The maximum atomic E-state index is 14.1. The van der Waals surface area contributed by atoms with Crippen molar-refractivity contribution in [3.05, 3.63) is 87.4 Å². The Hall–Kier alpha value is -2.27. The first-order valence-corrected chi connectivity index (χ1v) is 13.9. The second-order valence-corrected chi connectivity index (χ2v) is 11.3. The molecular weight excluding hydrogens is 546 g/mol. The molecule has 1 atom stereocenters. The van der Waals surface area contributed by atoms with Crippen LogP contribution < -0.4 is 10.0 Å². The topological polar surface area (TPSA) is 75.3 Å². The zero-order valence-electron chi connectivity index (χ0n) is 18.1. The van der Waals surface area contributed by atoms with Crippen LogP contribution in [0.2, 0.25) is 0 Å². The number of hydrogen-bond donors (Lipinski definition) is 2. The number of benzene rings is 3. The van der Waals surface area contributed by atoms with Crippen LogP contribution in [0.5, 0.6) is 0 Å². The van der Waals surface area contributed by atoms with E-state index in [1.54, 1.807) is 24.3 Å². The lowest BCUT2D eigenvalue weighted by atomic mass is 9.99. The van der Waals surface area contributed by atoms with Crippen molar-refractivity contribution in [3.63, 3.8) is 0 Å². The van der Waals surface area contributed by atoms with Crippen LogP contribution in [-0.2, 0) is 21.2 Å². The van der Waals surface area contributed by atoms with Gasteiger partial charge in [-0.3, -0.25) is 4.79 Å². The van der Waals surface area contributed by atoms with Crippen molar-refractivity contribution in [2.45, 2.75) is 35.1 Å². The van der Waals surface area contributed by atoms with E-state index < -0.39 is 27.7 Å². The van der Waals surface area contributed by atoms with Gasteiger partial charge in [0.15, 0.2) is 11.6 Å². The third-order valence-corrected chi connectivity index (χ3v) is 8.66. The summed E-state index contributed by atoms with van der Waals surface area (Å²) in [7, 11) is -4.16. The van der Waals surface area contributed by atoms with Crippen molar-refractivity contribution in [3.8, 4) is 0 Å². The average Bonchev–Trinajstić information content (AvgIpc) is 2.99. The van der Waals surface area contributed by atoms with E-state index in [1.807, 2.05) is 12.3 Å². The van der Waals surface area contributed by atoms with Crippen LogP contribution in [0.25, 0.3) is 0 Å². The summed E-state index contributed by atoms with van der Waals surface area (Å²) in [6, 6.07) is 12.6. The number of anilines is 1. The van der Waals surface area contributed by atoms with Crippen LogP contribution in [0.1, 0.15) is 35.6 Å². The first kappa shape index (κ1) is 24.8. The summed E-state index contributed by atoms with van der Waals surface area (Å²) in [5.74, 6) is -2.27. The van der Waals surface area contributed by atoms with Gasteiger partial charge >= 0.3 is 0 Å². The standard InChI is InChI=1S/C24H21BrF2N2O3S2/c1-33-17-6-2-5-15(10-17)24(16-8-9-19(26)20(27)12-16)29-34(31,32)22-13-21-14(11-18(22)25)4-3-7-23(30)28-21/h2,5-6,8-13,24,29H,3-4,7H2,1H3,(H,28,30). The lowest BCUT2D eigenvalue weighted by Gasteiger charge is -2.22. The molecule has 1 unspecified atom stereocenters. The fraction of sp³-hybridized carbons (Fsp3) is 0.208. The quantitative estimate of drug-likeness (QED) is 0.370. The lowest BCUT2D eigenvalue weighted by Crippen LogP contribution is -2.30. The molecule has 0 fully saturated rings. The number of thioether (sulfide) groups is 1. The molecular formula is C24H21BrF2N2O3S2. The summed E-state index contributed by atoms with van der Waals surface area (Å²) >= 11 is 4.83. The van der Waals surface area contributed by atoms with Crippen molar-refractivity contribution in [1.82, 2.24) is 4.72 Å². The van der Waals surface area contributed by atoms with Crippen molar-refractivity contribution in [1.29, 1.82) is 0 Å². The Balaban J connectivity index is 1.79. The molecule has 1 amide bonds. The molecule has 0 saturated heterocycles. The number of amides is 1. The maximum Gasteiger partial charge on any atom is 0.242 e. The Morgan fingerprint density at radius 3 is 2.53 bits per heavy atom. The van der Waals surface area contributed by atoms with E-state index in [9.17, 15) is 22.0 Å². The number of aryl methyl sites for hydroxylation is 1. The van der Waals surface area contributed by atoms with Gasteiger partial charge in [0.05, 0.1) is 10.9 Å². The molecule has 5 nitrogen and oxygen atoms in total. The summed E-state index contributed by atoms with van der Waals surface area (Å²) in [5, 5.41) is 2.76. The van der Waals surface area contributed by atoms with E-state index in [4.69, 9.17) is 0 Å². The molecule has 1 aliphatic rings. The lowest BCUT2D eigenvalue weighted by molar-refractivity contribution is -0.116. The highest BCUT2D eigenvalue weighted by Gasteiger charge is 2.27. The number of carbonyl (C=O) groups excluding carboxylic acids is 1. The SMILES string of the molecule is CSc1cccc(C(NS(=O)(=O)c2cc3c(cc2Br)CCCC(=O)N3)c2ccc(F)c(F)c2)c1. The summed E-state index contributed by atoms with van der Waals surface area (Å²) in [6.07, 6.45) is 3.55. The Kier molecular flexibility index (Phi) is 7.42. The number of sulfonamides is 1. The van der Waals surface area contributed by atoms with E-state index in [0.717, 1.165) is 22.6 Å². The predicted octanol–water partition coefficient (Wildman–Crippen LogP) is 5.79. The van der Waals surface area contributed by atoms with Gasteiger partial charge in [0.25, 0.3) is 0 Å². The Labute approximate surface area is 209 Å². The Morgan fingerprint density at radius 1 is 1.03 bits per heavy atom. The van der Waals surface area contributed by atoms with Gasteiger partial charge < -0.3 is 5.32 Å². The molecule has 178 valence electrons. The van der Waals surface area contributed by atoms with Crippen molar-refractivity contribution >= 4 is 49.3 Å². The molecule has 3 aromatic rings. The van der Waals surface area contributed by atoms with Gasteiger partial charge in [-0.05, 0) is 88.1 Å². The predicted molar refractivity (Wildman–Crippen MR) is 132 cm³/mol. The van der Waals surface area contributed by atoms with Crippen molar-refractivity contribution < 1.29 is 22.0 Å². The summed E-state index contributed by atoms with van der Waals surface area (Å²) in [4.78, 5) is 12.8. The van der Waals surface area contributed by atoms with Crippen molar-refractivity contribution in [2.24, 2.45) is 0 Å². The van der Waals surface area contributed by atoms with Crippen LogP contribution in [0.3, 0.4) is 0 Å². The monoisotopic (exact) mass is 566 g/mol. The largest absolute Gasteiger partial charge is 0.326 e. The van der Waals surface area contributed by atoms with Crippen LogP contribution in [0, 0.1) is 11.6 Å². The number of nitrogens with one attached hydrogen (secondary N) is 2. The molecule has 0 saturated carbocycles. The highest BCUT2D eigenvalue weighted by Crippen LogP contribution is 2.34. The molecule has 3 aromatic carbocycles. The van der Waals surface area contributed by atoms with Gasteiger partial charge in [0, 0.05) is 21.5 Å². The molecule has 0 radical (unpaired) electrons. The highest BCUT2D eigenvalue weighted by atomic mass is 79.9. The fourth-order valence-corrected chi connectivity index (χ4v) is 6.63. The van der Waals surface area contributed by atoms with Crippen LogP contribution in [0.15, 0.2) is 68.9 Å². The number of carbonyl (C=O) groups is 1. The minimum absolute atomic E-state index is 0.0675. The zero-order valence-corrected chi connectivity index (χ0v) is 21.3. The average molecular weight is 567 g/mol. The molecule has 4 rings (SSSR count). The second kappa shape index (κ2) is 10.2. The van der Waals surface area contributed by atoms with Gasteiger partial charge in [0.1, 0.15) is 0 Å². The first-order valence-electron chi connectivity index (χ1n) is 10.4. The Bertz CT molecular complexity index is 1370. The van der Waals surface area contributed by atoms with Gasteiger partial charge in [-0.2, -0.15) is 4.72 Å². The van der Waals surface area contributed by atoms with E-state index in [-0.39, 0.29) is 16.4 Å². The third kappa shape index (κ3) is 5.35. The second-order valence-electron chi connectivity index (χ2n) is 7.85. The zero-order chi connectivity index (χ0) is 24.5. The minimum atomic E-state index is -4.16. The summed E-state index contributed by atoms with van der Waals surface area (Å²) in [5.41, 5.74) is 2.10. The summed E-state index contributed by atoms with van der Waals surface area (Å²) in [6.45, 7) is 0. The number of hydrogen-bond acceptors (Lipinski definition) is 4. The first-order chi connectivity index (χ1) is 16.2. The molecule has 2 N–H and O–H groups in total. The normalized spacial score (nSPS) is 14.8. The highest BCUT2D eigenvalue weighted by molar-refractivity contribution is 9.10. The third-order valence-electron chi connectivity index (χ3n) is 5.55. The number of rotatable bonds is 6.